The summed E-state index contributed by atoms with van der Waals surface area (Å²) in [7, 11) is 0. The summed E-state index contributed by atoms with van der Waals surface area (Å²) in [6.07, 6.45) is 2.56. The van der Waals surface area contributed by atoms with Gasteiger partial charge in [0.05, 0.1) is 17.1 Å². The molecule has 1 aromatic heterocycles. The van der Waals surface area contributed by atoms with Crippen LogP contribution in [0.2, 0.25) is 0 Å². The fourth-order valence-electron chi connectivity index (χ4n) is 2.26. The predicted octanol–water partition coefficient (Wildman–Crippen LogP) is 2.83. The van der Waals surface area contributed by atoms with E-state index in [1.54, 1.807) is 0 Å². The third-order valence-electron chi connectivity index (χ3n) is 3.25. The highest BCUT2D eigenvalue weighted by atomic mass is 32.2. The smallest absolute Gasteiger partial charge is 0.0828 e. The lowest BCUT2D eigenvalue weighted by molar-refractivity contribution is 0.633. The van der Waals surface area contributed by atoms with Crippen molar-refractivity contribution in [2.45, 2.75) is 46.2 Å². The topological polar surface area (TPSA) is 29.9 Å². The standard InChI is InChI=1S/C12H21N3S/c1-4-15-10(3)12(9(2)14-15)13-11-5-7-16-8-6-11/h11,13H,4-8H2,1-3H3. The summed E-state index contributed by atoms with van der Waals surface area (Å²) in [5, 5.41) is 8.22. The maximum Gasteiger partial charge on any atom is 0.0828 e. The van der Waals surface area contributed by atoms with E-state index < -0.39 is 0 Å². The van der Waals surface area contributed by atoms with Gasteiger partial charge in [-0.1, -0.05) is 0 Å². The summed E-state index contributed by atoms with van der Waals surface area (Å²) < 4.78 is 2.08. The number of aromatic nitrogens is 2. The average molecular weight is 239 g/mol. The minimum Gasteiger partial charge on any atom is -0.379 e. The highest BCUT2D eigenvalue weighted by molar-refractivity contribution is 7.99. The monoisotopic (exact) mass is 239 g/mol. The molecule has 1 fully saturated rings. The molecule has 16 heavy (non-hydrogen) atoms. The molecule has 1 aromatic rings. The Hall–Kier alpha value is -0.640. The molecule has 0 radical (unpaired) electrons. The van der Waals surface area contributed by atoms with Crippen LogP contribution in [-0.4, -0.2) is 27.3 Å². The SMILES string of the molecule is CCn1nc(C)c(NC2CCSCC2)c1C. The summed E-state index contributed by atoms with van der Waals surface area (Å²) in [5.74, 6) is 2.58. The van der Waals surface area contributed by atoms with Gasteiger partial charge in [-0.15, -0.1) is 0 Å². The van der Waals surface area contributed by atoms with E-state index in [-0.39, 0.29) is 0 Å². The van der Waals surface area contributed by atoms with Crippen molar-refractivity contribution >= 4 is 17.4 Å². The maximum atomic E-state index is 4.54. The first-order chi connectivity index (χ1) is 7.72. The van der Waals surface area contributed by atoms with Gasteiger partial charge in [0.2, 0.25) is 0 Å². The Labute approximate surface area is 102 Å². The fourth-order valence-corrected chi connectivity index (χ4v) is 3.37. The molecule has 1 saturated heterocycles. The van der Waals surface area contributed by atoms with Crippen molar-refractivity contribution in [1.29, 1.82) is 0 Å². The quantitative estimate of drug-likeness (QED) is 0.879. The Balaban J connectivity index is 2.10. The molecule has 1 aliphatic rings. The molecule has 0 amide bonds. The molecule has 1 aliphatic heterocycles. The Bertz CT molecular complexity index is 353. The lowest BCUT2D eigenvalue weighted by Gasteiger charge is -2.23. The van der Waals surface area contributed by atoms with Gasteiger partial charge in [0.1, 0.15) is 0 Å². The minimum absolute atomic E-state index is 0.646. The lowest BCUT2D eigenvalue weighted by atomic mass is 10.1. The van der Waals surface area contributed by atoms with E-state index in [2.05, 4.69) is 47.6 Å². The normalized spacial score (nSPS) is 17.7. The Morgan fingerprint density at radius 3 is 2.62 bits per heavy atom. The van der Waals surface area contributed by atoms with E-state index in [1.807, 2.05) is 0 Å². The number of nitrogens with zero attached hydrogens (tertiary/aromatic N) is 2. The highest BCUT2D eigenvalue weighted by Gasteiger charge is 2.17. The largest absolute Gasteiger partial charge is 0.379 e. The third-order valence-corrected chi connectivity index (χ3v) is 4.30. The Morgan fingerprint density at radius 1 is 1.38 bits per heavy atom. The summed E-state index contributed by atoms with van der Waals surface area (Å²) in [5.41, 5.74) is 3.68. The van der Waals surface area contributed by atoms with E-state index in [1.165, 1.54) is 35.7 Å². The minimum atomic E-state index is 0.646. The summed E-state index contributed by atoms with van der Waals surface area (Å²) >= 11 is 2.07. The predicted molar refractivity (Wildman–Crippen MR) is 71.3 cm³/mol. The maximum absolute atomic E-state index is 4.54. The molecule has 0 atom stereocenters. The summed E-state index contributed by atoms with van der Waals surface area (Å²) in [4.78, 5) is 0. The van der Waals surface area contributed by atoms with Crippen molar-refractivity contribution < 1.29 is 0 Å². The number of aryl methyl sites for hydroxylation is 2. The molecular formula is C12H21N3S. The molecule has 2 heterocycles. The summed E-state index contributed by atoms with van der Waals surface area (Å²) in [6, 6.07) is 0.646. The van der Waals surface area contributed by atoms with Crippen molar-refractivity contribution in [3.05, 3.63) is 11.4 Å². The molecule has 3 nitrogen and oxygen atoms in total. The first kappa shape index (κ1) is 11.8. The van der Waals surface area contributed by atoms with Crippen molar-refractivity contribution in [1.82, 2.24) is 9.78 Å². The number of anilines is 1. The van der Waals surface area contributed by atoms with Crippen LogP contribution in [0.15, 0.2) is 0 Å². The fraction of sp³-hybridized carbons (Fsp3) is 0.750. The second kappa shape index (κ2) is 5.13. The third kappa shape index (κ3) is 2.37. The first-order valence-corrected chi connectivity index (χ1v) is 7.26. The van der Waals surface area contributed by atoms with E-state index in [4.69, 9.17) is 0 Å². The van der Waals surface area contributed by atoms with E-state index in [0.29, 0.717) is 6.04 Å². The number of nitrogens with one attached hydrogen (secondary N) is 1. The van der Waals surface area contributed by atoms with Crippen LogP contribution in [0.4, 0.5) is 5.69 Å². The van der Waals surface area contributed by atoms with Crippen molar-refractivity contribution in [2.24, 2.45) is 0 Å². The number of thioether (sulfide) groups is 1. The molecule has 2 rings (SSSR count). The van der Waals surface area contributed by atoms with Crippen LogP contribution in [0.1, 0.15) is 31.2 Å². The first-order valence-electron chi connectivity index (χ1n) is 6.10. The highest BCUT2D eigenvalue weighted by Crippen LogP contribution is 2.25. The zero-order valence-electron chi connectivity index (χ0n) is 10.4. The number of hydrogen-bond donors (Lipinski definition) is 1. The van der Waals surface area contributed by atoms with Crippen LogP contribution in [0.25, 0.3) is 0 Å². The van der Waals surface area contributed by atoms with Crippen molar-refractivity contribution in [2.75, 3.05) is 16.8 Å². The average Bonchev–Trinajstić information content (AvgIpc) is 2.58. The molecule has 0 bridgehead atoms. The molecule has 1 N–H and O–H groups in total. The molecule has 0 spiro atoms. The summed E-state index contributed by atoms with van der Waals surface area (Å²) in [6.45, 7) is 7.35. The van der Waals surface area contributed by atoms with Gasteiger partial charge < -0.3 is 5.32 Å². The molecule has 0 unspecified atom stereocenters. The molecule has 0 saturated carbocycles. The van der Waals surface area contributed by atoms with Crippen LogP contribution in [0, 0.1) is 13.8 Å². The van der Waals surface area contributed by atoms with Gasteiger partial charge in [-0.05, 0) is 45.1 Å². The van der Waals surface area contributed by atoms with Crippen LogP contribution in [-0.2, 0) is 6.54 Å². The zero-order valence-corrected chi connectivity index (χ0v) is 11.2. The zero-order chi connectivity index (χ0) is 11.5. The molecule has 0 aliphatic carbocycles. The van der Waals surface area contributed by atoms with Crippen LogP contribution in [0.5, 0.6) is 0 Å². The molecule has 4 heteroatoms. The van der Waals surface area contributed by atoms with Gasteiger partial charge in [0.25, 0.3) is 0 Å². The van der Waals surface area contributed by atoms with Crippen molar-refractivity contribution in [3.63, 3.8) is 0 Å². The van der Waals surface area contributed by atoms with E-state index in [9.17, 15) is 0 Å². The van der Waals surface area contributed by atoms with Gasteiger partial charge in [0, 0.05) is 12.6 Å². The molecule has 90 valence electrons. The number of hydrogen-bond acceptors (Lipinski definition) is 3. The van der Waals surface area contributed by atoms with Gasteiger partial charge in [-0.25, -0.2) is 0 Å². The number of rotatable bonds is 3. The van der Waals surface area contributed by atoms with E-state index in [0.717, 1.165) is 12.2 Å². The van der Waals surface area contributed by atoms with Crippen LogP contribution < -0.4 is 5.32 Å². The van der Waals surface area contributed by atoms with Gasteiger partial charge >= 0.3 is 0 Å². The van der Waals surface area contributed by atoms with E-state index >= 15 is 0 Å². The molecular weight excluding hydrogens is 218 g/mol. The Kier molecular flexibility index (Phi) is 3.79. The van der Waals surface area contributed by atoms with Gasteiger partial charge in [-0.2, -0.15) is 16.9 Å². The molecule has 0 aromatic carbocycles. The van der Waals surface area contributed by atoms with Gasteiger partial charge in [0.15, 0.2) is 0 Å². The van der Waals surface area contributed by atoms with Crippen molar-refractivity contribution in [3.8, 4) is 0 Å². The van der Waals surface area contributed by atoms with Crippen LogP contribution >= 0.6 is 11.8 Å². The lowest BCUT2D eigenvalue weighted by Crippen LogP contribution is -2.25. The van der Waals surface area contributed by atoms with Gasteiger partial charge in [-0.3, -0.25) is 4.68 Å². The van der Waals surface area contributed by atoms with Crippen LogP contribution in [0.3, 0.4) is 0 Å². The Morgan fingerprint density at radius 2 is 2.06 bits per heavy atom. The second-order valence-corrected chi connectivity index (χ2v) is 5.62. The second-order valence-electron chi connectivity index (χ2n) is 4.39.